The number of hydrogen-bond acceptors (Lipinski definition) is 7. The van der Waals surface area contributed by atoms with Gasteiger partial charge in [0.05, 0.1) is 4.53 Å². The van der Waals surface area contributed by atoms with Gasteiger partial charge < -0.3 is 10.1 Å². The predicted octanol–water partition coefficient (Wildman–Crippen LogP) is 2.78. The maximum atomic E-state index is 12.8. The number of benzene rings is 2. The molecule has 33 heavy (non-hydrogen) atoms. The monoisotopic (exact) mass is 455 g/mol. The number of fused-ring (bicyclic) bond motifs is 1. The molecule has 162 valence electrons. The molecule has 3 heterocycles. The van der Waals surface area contributed by atoms with E-state index in [-0.39, 0.29) is 18.1 Å². The highest BCUT2D eigenvalue weighted by molar-refractivity contribution is 7.15. The molecule has 0 saturated carbocycles. The zero-order valence-electron chi connectivity index (χ0n) is 17.2. The van der Waals surface area contributed by atoms with Gasteiger partial charge in [-0.1, -0.05) is 41.7 Å². The molecule has 0 aliphatic rings. The minimum atomic E-state index is -0.256. The van der Waals surface area contributed by atoms with Crippen molar-refractivity contribution in [3.63, 3.8) is 0 Å². The first-order valence-corrected chi connectivity index (χ1v) is 10.9. The molecule has 0 atom stereocenters. The molecule has 5 aromatic rings. The molecule has 8 nitrogen and oxygen atoms in total. The van der Waals surface area contributed by atoms with E-state index < -0.39 is 0 Å². The van der Waals surface area contributed by atoms with Crippen molar-refractivity contribution < 1.29 is 9.53 Å². The van der Waals surface area contributed by atoms with Crippen LogP contribution in [0.3, 0.4) is 0 Å². The van der Waals surface area contributed by atoms with Crippen LogP contribution in [0.5, 0.6) is 5.75 Å². The summed E-state index contributed by atoms with van der Waals surface area (Å²) in [6.07, 6.45) is 5.07. The van der Waals surface area contributed by atoms with E-state index in [1.165, 1.54) is 15.9 Å². The predicted molar refractivity (Wildman–Crippen MR) is 126 cm³/mol. The minimum Gasteiger partial charge on any atom is -0.484 e. The average Bonchev–Trinajstić information content (AvgIpc) is 3.39. The van der Waals surface area contributed by atoms with Crippen molar-refractivity contribution in [1.82, 2.24) is 19.6 Å². The first-order chi connectivity index (χ1) is 16.2. The second-order valence-corrected chi connectivity index (χ2v) is 8.07. The van der Waals surface area contributed by atoms with E-state index in [1.54, 1.807) is 60.9 Å². The molecule has 0 aliphatic carbocycles. The van der Waals surface area contributed by atoms with Gasteiger partial charge in [-0.05, 0) is 48.0 Å². The molecular weight excluding hydrogens is 438 g/mol. The van der Waals surface area contributed by atoms with Crippen molar-refractivity contribution in [2.45, 2.75) is 0 Å². The van der Waals surface area contributed by atoms with Crippen LogP contribution in [0.4, 0.5) is 5.69 Å². The van der Waals surface area contributed by atoms with Crippen LogP contribution in [-0.4, -0.2) is 32.1 Å². The van der Waals surface area contributed by atoms with Crippen LogP contribution in [0.2, 0.25) is 0 Å². The maximum absolute atomic E-state index is 12.8. The van der Waals surface area contributed by atoms with Gasteiger partial charge in [0, 0.05) is 23.6 Å². The van der Waals surface area contributed by atoms with Crippen LogP contribution in [0.15, 0.2) is 83.9 Å². The number of nitrogens with one attached hydrogen (secondary N) is 1. The second-order valence-electron chi connectivity index (χ2n) is 7.06. The van der Waals surface area contributed by atoms with Crippen molar-refractivity contribution in [2.75, 3.05) is 11.9 Å². The van der Waals surface area contributed by atoms with Crippen molar-refractivity contribution in [2.24, 2.45) is 0 Å². The van der Waals surface area contributed by atoms with Crippen molar-refractivity contribution in [3.8, 4) is 17.1 Å². The van der Waals surface area contributed by atoms with Gasteiger partial charge in [0.1, 0.15) is 5.75 Å². The van der Waals surface area contributed by atoms with E-state index in [1.807, 2.05) is 24.3 Å². The summed E-state index contributed by atoms with van der Waals surface area (Å²) >= 11 is 1.26. The van der Waals surface area contributed by atoms with Gasteiger partial charge in [-0.15, -0.1) is 5.10 Å². The Bertz CT molecular complexity index is 1530. The Morgan fingerprint density at radius 2 is 1.88 bits per heavy atom. The first kappa shape index (κ1) is 20.5. The topological polar surface area (TPSA) is 98.5 Å². The lowest BCUT2D eigenvalue weighted by atomic mass is 10.2. The number of para-hydroxylation sites is 1. The number of carbonyl (C=O) groups is 1. The van der Waals surface area contributed by atoms with Gasteiger partial charge in [0.25, 0.3) is 11.5 Å². The Hall–Kier alpha value is -4.37. The molecule has 0 saturated heterocycles. The third kappa shape index (κ3) is 4.63. The van der Waals surface area contributed by atoms with Crippen molar-refractivity contribution >= 4 is 34.0 Å². The van der Waals surface area contributed by atoms with E-state index in [0.29, 0.717) is 26.8 Å². The number of ether oxygens (including phenoxy) is 1. The molecular formula is C24H17N5O3S. The van der Waals surface area contributed by atoms with Crippen LogP contribution < -0.4 is 20.1 Å². The lowest BCUT2D eigenvalue weighted by Gasteiger charge is -2.08. The Labute approximate surface area is 191 Å². The molecule has 9 heteroatoms. The van der Waals surface area contributed by atoms with Gasteiger partial charge >= 0.3 is 0 Å². The van der Waals surface area contributed by atoms with Gasteiger partial charge in [0.15, 0.2) is 12.4 Å². The average molecular weight is 455 g/mol. The molecule has 5 rings (SSSR count). The molecule has 0 fully saturated rings. The number of aromatic nitrogens is 4. The fourth-order valence-corrected chi connectivity index (χ4v) is 4.08. The largest absolute Gasteiger partial charge is 0.484 e. The van der Waals surface area contributed by atoms with Crippen LogP contribution in [-0.2, 0) is 4.79 Å². The smallest absolute Gasteiger partial charge is 0.291 e. The Kier molecular flexibility index (Phi) is 5.61. The third-order valence-corrected chi connectivity index (χ3v) is 5.66. The third-order valence-electron chi connectivity index (χ3n) is 4.70. The number of rotatable bonds is 6. The first-order valence-electron chi connectivity index (χ1n) is 10.1. The molecule has 0 spiro atoms. The van der Waals surface area contributed by atoms with Gasteiger partial charge in [0.2, 0.25) is 4.96 Å². The summed E-state index contributed by atoms with van der Waals surface area (Å²) in [5, 5.41) is 7.10. The maximum Gasteiger partial charge on any atom is 0.291 e. The Balaban J connectivity index is 1.33. The summed E-state index contributed by atoms with van der Waals surface area (Å²) in [5.74, 6) is 0.753. The molecule has 0 unspecified atom stereocenters. The molecule has 1 amide bonds. The second kappa shape index (κ2) is 9.01. The lowest BCUT2D eigenvalue weighted by Crippen LogP contribution is -2.23. The van der Waals surface area contributed by atoms with E-state index in [0.717, 1.165) is 11.1 Å². The van der Waals surface area contributed by atoms with E-state index >= 15 is 0 Å². The number of hydrogen-bond donors (Lipinski definition) is 1. The fourth-order valence-electron chi connectivity index (χ4n) is 3.17. The highest BCUT2D eigenvalue weighted by Gasteiger charge is 2.12. The van der Waals surface area contributed by atoms with Crippen LogP contribution in [0.25, 0.3) is 22.4 Å². The number of thiazole rings is 1. The molecule has 2 aromatic carbocycles. The SMILES string of the molecule is O=C(COc1cccc(/C=c2\sc3nc(-c4ccncc4)nn3c2=O)c1)Nc1ccccc1. The van der Waals surface area contributed by atoms with E-state index in [4.69, 9.17) is 4.74 Å². The van der Waals surface area contributed by atoms with Crippen LogP contribution >= 0.6 is 11.3 Å². The number of nitrogens with zero attached hydrogens (tertiary/aromatic N) is 4. The number of pyridine rings is 1. The molecule has 3 aromatic heterocycles. The summed E-state index contributed by atoms with van der Waals surface area (Å²) in [4.78, 5) is 33.9. The summed E-state index contributed by atoms with van der Waals surface area (Å²) in [5.41, 5.74) is 2.04. The number of carbonyl (C=O) groups excluding carboxylic acids is 1. The zero-order valence-corrected chi connectivity index (χ0v) is 18.0. The zero-order chi connectivity index (χ0) is 22.6. The fraction of sp³-hybridized carbons (Fsp3) is 0.0417. The van der Waals surface area contributed by atoms with Gasteiger partial charge in [-0.3, -0.25) is 14.6 Å². The van der Waals surface area contributed by atoms with Crippen LogP contribution in [0, 0.1) is 0 Å². The summed E-state index contributed by atoms with van der Waals surface area (Å²) < 4.78 is 7.43. The molecule has 0 radical (unpaired) electrons. The van der Waals surface area contributed by atoms with Gasteiger partial charge in [-0.2, -0.15) is 9.50 Å². The Morgan fingerprint density at radius 1 is 1.06 bits per heavy atom. The summed E-state index contributed by atoms with van der Waals surface area (Å²) in [6, 6.07) is 20.0. The van der Waals surface area contributed by atoms with Crippen molar-refractivity contribution in [3.05, 3.63) is 99.6 Å². The van der Waals surface area contributed by atoms with E-state index in [9.17, 15) is 9.59 Å². The molecule has 0 aliphatic heterocycles. The highest BCUT2D eigenvalue weighted by atomic mass is 32.1. The summed E-state index contributed by atoms with van der Waals surface area (Å²) in [7, 11) is 0. The minimum absolute atomic E-state index is 0.125. The lowest BCUT2D eigenvalue weighted by molar-refractivity contribution is -0.118. The normalized spacial score (nSPS) is 11.6. The quantitative estimate of drug-likeness (QED) is 0.423. The van der Waals surface area contributed by atoms with Crippen molar-refractivity contribution in [1.29, 1.82) is 0 Å². The number of anilines is 1. The van der Waals surface area contributed by atoms with Gasteiger partial charge in [-0.25, -0.2) is 0 Å². The molecule has 1 N–H and O–H groups in total. The standard InChI is InChI=1S/C24H17N5O3S/c30-21(26-18-6-2-1-3-7-18)15-32-19-8-4-5-16(13-19)14-20-23(31)29-24(33-20)27-22(28-29)17-9-11-25-12-10-17/h1-14H,15H2,(H,26,30)/b20-14-. The highest BCUT2D eigenvalue weighted by Crippen LogP contribution is 2.16. The number of amides is 1. The molecule has 0 bridgehead atoms. The Morgan fingerprint density at radius 3 is 2.67 bits per heavy atom. The van der Waals surface area contributed by atoms with E-state index in [2.05, 4.69) is 20.4 Å². The summed E-state index contributed by atoms with van der Waals surface area (Å²) in [6.45, 7) is -0.125. The van der Waals surface area contributed by atoms with Crippen LogP contribution in [0.1, 0.15) is 5.56 Å².